The molecule has 13 heavy (non-hydrogen) atoms. The van der Waals surface area contributed by atoms with Crippen LogP contribution in [-0.4, -0.2) is 22.9 Å². The fourth-order valence-corrected chi connectivity index (χ4v) is 1.56. The minimum atomic E-state index is -3.40. The van der Waals surface area contributed by atoms with Crippen LogP contribution in [0.2, 0.25) is 0 Å². The largest absolute Gasteiger partial charge is 0.399 e. The summed E-state index contributed by atoms with van der Waals surface area (Å²) in [5, 5.41) is 2.89. The van der Waals surface area contributed by atoms with Crippen LogP contribution in [0.1, 0.15) is 20.8 Å². The quantitative estimate of drug-likeness (QED) is 0.733. The number of hydrogen-bond donors (Lipinski definition) is 2. The lowest BCUT2D eigenvalue weighted by molar-refractivity contribution is -0.136. The third-order valence-electron chi connectivity index (χ3n) is 1.14. The Bertz CT molecular complexity index is 230. The van der Waals surface area contributed by atoms with Gasteiger partial charge in [0.2, 0.25) is 0 Å². The number of rotatable bonds is 4. The van der Waals surface area contributed by atoms with Crippen molar-refractivity contribution in [2.45, 2.75) is 32.9 Å². The molecular formula is C6H13ClNO3PS. The lowest BCUT2D eigenvalue weighted by atomic mass is 10.3. The van der Waals surface area contributed by atoms with Crippen molar-refractivity contribution >= 4 is 34.9 Å². The predicted octanol–water partition coefficient (Wildman–Crippen LogP) is 1.37. The first-order chi connectivity index (χ1) is 5.72. The number of halogens is 1. The summed E-state index contributed by atoms with van der Waals surface area (Å²) in [7, 11) is 0. The number of carbonyl (C=O) groups is 1. The lowest BCUT2D eigenvalue weighted by Crippen LogP contribution is -2.38. The number of nitrogens with one attached hydrogen (secondary N) is 1. The van der Waals surface area contributed by atoms with Crippen molar-refractivity contribution in [3.8, 4) is 0 Å². The van der Waals surface area contributed by atoms with E-state index in [1.807, 2.05) is 13.8 Å². The summed E-state index contributed by atoms with van der Waals surface area (Å²) in [6.45, 7) is 5.39. The monoisotopic (exact) mass is 245 g/mol. The molecule has 0 amide bonds. The van der Waals surface area contributed by atoms with E-state index in [0.29, 0.717) is 0 Å². The molecule has 0 aromatic carbocycles. The number of hydrogen-bond acceptors (Lipinski definition) is 4. The second-order valence-electron chi connectivity index (χ2n) is 2.90. The van der Waals surface area contributed by atoms with E-state index in [-0.39, 0.29) is 6.04 Å². The molecule has 0 saturated carbocycles. The zero-order chi connectivity index (χ0) is 10.6. The molecule has 0 bridgehead atoms. The summed E-state index contributed by atoms with van der Waals surface area (Å²) in [4.78, 5) is 20.0. The van der Waals surface area contributed by atoms with E-state index in [0.717, 1.165) is 0 Å². The zero-order valence-corrected chi connectivity index (χ0v) is 10.1. The molecule has 0 aliphatic carbocycles. The van der Waals surface area contributed by atoms with Gasteiger partial charge in [0.15, 0.2) is 0 Å². The lowest BCUT2D eigenvalue weighted by Gasteiger charge is -2.16. The van der Waals surface area contributed by atoms with Crippen LogP contribution in [0.3, 0.4) is 0 Å². The third kappa shape index (κ3) is 7.40. The molecule has 7 heteroatoms. The van der Waals surface area contributed by atoms with Crippen LogP contribution in [0.4, 0.5) is 0 Å². The highest BCUT2D eigenvalue weighted by atomic mass is 35.7. The van der Waals surface area contributed by atoms with Gasteiger partial charge in [0, 0.05) is 6.04 Å². The van der Waals surface area contributed by atoms with Gasteiger partial charge >= 0.3 is 11.8 Å². The van der Waals surface area contributed by atoms with E-state index in [4.69, 9.17) is 16.1 Å². The Hall–Kier alpha value is 0.330. The summed E-state index contributed by atoms with van der Waals surface area (Å²) in [6, 6.07) is -0.373. The molecule has 0 saturated heterocycles. The van der Waals surface area contributed by atoms with Gasteiger partial charge in [-0.1, -0.05) is 13.8 Å². The van der Waals surface area contributed by atoms with Gasteiger partial charge < -0.3 is 14.7 Å². The predicted molar refractivity (Wildman–Crippen MR) is 56.2 cm³/mol. The van der Waals surface area contributed by atoms with Crippen LogP contribution in [0, 0.1) is 0 Å². The summed E-state index contributed by atoms with van der Waals surface area (Å²) < 4.78 is 4.45. The standard InChI is InChI=1S/C6H13ClNO3PS/c1-4(2)8-5(3)6(9)11-12(7,10)13/h4-5,8H,1-3H3,(H,10,13). The summed E-state index contributed by atoms with van der Waals surface area (Å²) in [5.74, 6) is -4.03. The third-order valence-corrected chi connectivity index (χ3v) is 1.98. The molecule has 0 spiro atoms. The van der Waals surface area contributed by atoms with E-state index >= 15 is 0 Å². The molecule has 2 atom stereocenters. The first-order valence-electron chi connectivity index (χ1n) is 3.74. The molecule has 0 aromatic heterocycles. The summed E-state index contributed by atoms with van der Waals surface area (Å²) in [5.41, 5.74) is 0. The molecule has 0 fully saturated rings. The zero-order valence-electron chi connectivity index (χ0n) is 7.65. The first kappa shape index (κ1) is 13.3. The van der Waals surface area contributed by atoms with Crippen molar-refractivity contribution < 1.29 is 14.2 Å². The highest BCUT2D eigenvalue weighted by molar-refractivity contribution is 8.22. The van der Waals surface area contributed by atoms with Crippen LogP contribution >= 0.6 is 17.1 Å². The van der Waals surface area contributed by atoms with Gasteiger partial charge in [0.05, 0.1) is 0 Å². The van der Waals surface area contributed by atoms with Gasteiger partial charge in [-0.25, -0.2) is 0 Å². The fourth-order valence-electron chi connectivity index (χ4n) is 0.758. The maximum Gasteiger partial charge on any atom is 0.332 e. The Morgan fingerprint density at radius 2 is 2.08 bits per heavy atom. The summed E-state index contributed by atoms with van der Waals surface area (Å²) >= 11 is 9.57. The van der Waals surface area contributed by atoms with Gasteiger partial charge in [-0.3, -0.25) is 4.79 Å². The Morgan fingerprint density at radius 1 is 1.62 bits per heavy atom. The van der Waals surface area contributed by atoms with Gasteiger partial charge in [-0.2, -0.15) is 0 Å². The topological polar surface area (TPSA) is 58.6 Å². The van der Waals surface area contributed by atoms with Gasteiger partial charge in [0.25, 0.3) is 0 Å². The second-order valence-corrected chi connectivity index (χ2v) is 7.45. The molecule has 0 radical (unpaired) electrons. The Labute approximate surface area is 87.6 Å². The van der Waals surface area contributed by atoms with Crippen LogP contribution < -0.4 is 5.32 Å². The van der Waals surface area contributed by atoms with Crippen molar-refractivity contribution in [2.75, 3.05) is 0 Å². The van der Waals surface area contributed by atoms with E-state index in [1.54, 1.807) is 6.92 Å². The Morgan fingerprint density at radius 3 is 2.38 bits per heavy atom. The van der Waals surface area contributed by atoms with Crippen molar-refractivity contribution in [3.05, 3.63) is 0 Å². The second kappa shape index (κ2) is 5.27. The van der Waals surface area contributed by atoms with E-state index in [2.05, 4.69) is 21.6 Å². The molecular weight excluding hydrogens is 233 g/mol. The van der Waals surface area contributed by atoms with Gasteiger partial charge in [0.1, 0.15) is 6.04 Å². The minimum absolute atomic E-state index is 0.148. The van der Waals surface area contributed by atoms with Crippen molar-refractivity contribution in [3.63, 3.8) is 0 Å². The smallest absolute Gasteiger partial charge is 0.332 e. The number of carbonyl (C=O) groups excluding carboxylic acids is 1. The van der Waals surface area contributed by atoms with E-state index in [1.165, 1.54) is 0 Å². The van der Waals surface area contributed by atoms with Gasteiger partial charge in [-0.15, -0.1) is 0 Å². The Kier molecular flexibility index (Phi) is 5.40. The molecule has 4 nitrogen and oxygen atoms in total. The minimum Gasteiger partial charge on any atom is -0.399 e. The maximum atomic E-state index is 11.1. The molecule has 0 aliphatic rings. The average Bonchev–Trinajstić information content (AvgIpc) is 1.81. The van der Waals surface area contributed by atoms with Crippen molar-refractivity contribution in [1.82, 2.24) is 5.32 Å². The summed E-state index contributed by atoms with van der Waals surface area (Å²) in [6.07, 6.45) is 0. The highest BCUT2D eigenvalue weighted by Gasteiger charge is 2.21. The maximum absolute atomic E-state index is 11.1. The van der Waals surface area contributed by atoms with Crippen LogP contribution in [0.25, 0.3) is 0 Å². The molecule has 78 valence electrons. The first-order valence-corrected chi connectivity index (χ1v) is 7.32. The van der Waals surface area contributed by atoms with E-state index in [9.17, 15) is 4.79 Å². The van der Waals surface area contributed by atoms with Crippen LogP contribution in [0.15, 0.2) is 0 Å². The molecule has 0 heterocycles. The van der Waals surface area contributed by atoms with Crippen LogP contribution in [0.5, 0.6) is 0 Å². The Balaban J connectivity index is 4.05. The molecule has 0 aliphatic heterocycles. The molecule has 2 N–H and O–H groups in total. The normalized spacial score (nSPS) is 18.0. The van der Waals surface area contributed by atoms with Crippen molar-refractivity contribution in [2.24, 2.45) is 0 Å². The average molecular weight is 246 g/mol. The molecule has 0 aromatic rings. The molecule has 2 unspecified atom stereocenters. The van der Waals surface area contributed by atoms with Gasteiger partial charge in [-0.05, 0) is 30.0 Å². The van der Waals surface area contributed by atoms with Crippen molar-refractivity contribution in [1.29, 1.82) is 0 Å². The fraction of sp³-hybridized carbons (Fsp3) is 0.833. The SMILES string of the molecule is CC(C)NC(C)C(=O)OP(O)(=S)Cl. The molecule has 0 rings (SSSR count). The highest BCUT2D eigenvalue weighted by Crippen LogP contribution is 2.48. The van der Waals surface area contributed by atoms with E-state index < -0.39 is 17.9 Å². The van der Waals surface area contributed by atoms with Crippen LogP contribution in [-0.2, 0) is 21.1 Å².